The fraction of sp³-hybridized carbons (Fsp3) is 0.727. The average Bonchev–Trinajstić information content (AvgIpc) is 2.39. The van der Waals surface area contributed by atoms with E-state index < -0.39 is 0 Å². The number of nitrogens with zero attached hydrogens (tertiary/aromatic N) is 4. The predicted octanol–water partition coefficient (Wildman–Crippen LogP) is 0.544. The van der Waals surface area contributed by atoms with Crippen LogP contribution in [-0.4, -0.2) is 59.0 Å². The molecule has 0 bridgehead atoms. The summed E-state index contributed by atoms with van der Waals surface area (Å²) in [7, 11) is 0. The highest BCUT2D eigenvalue weighted by molar-refractivity contribution is 6.28. The van der Waals surface area contributed by atoms with Crippen LogP contribution in [0.5, 0.6) is 0 Å². The van der Waals surface area contributed by atoms with Gasteiger partial charge in [0, 0.05) is 25.7 Å². The Hall–Kier alpha value is -1.18. The van der Waals surface area contributed by atoms with Crippen molar-refractivity contribution < 1.29 is 9.84 Å². The summed E-state index contributed by atoms with van der Waals surface area (Å²) in [6, 6.07) is 0.0704. The summed E-state index contributed by atoms with van der Waals surface area (Å²) in [4.78, 5) is 14.5. The maximum absolute atomic E-state index is 8.89. The Kier molecular flexibility index (Phi) is 5.12. The van der Waals surface area contributed by atoms with Crippen LogP contribution in [0.3, 0.4) is 0 Å². The number of aliphatic hydroxyl groups excluding tert-OH is 1. The Bertz CT molecular complexity index is 414. The van der Waals surface area contributed by atoms with Crippen LogP contribution in [0.2, 0.25) is 5.28 Å². The molecule has 1 saturated heterocycles. The van der Waals surface area contributed by atoms with Gasteiger partial charge in [-0.15, -0.1) is 0 Å². The molecule has 8 heteroatoms. The SMILES string of the molecule is CC(CCO)Nc1nc(Cl)nc(N2CCOCC2)n1. The fourth-order valence-electron chi connectivity index (χ4n) is 1.80. The van der Waals surface area contributed by atoms with Crippen molar-refractivity contribution in [3.05, 3.63) is 5.28 Å². The highest BCUT2D eigenvalue weighted by atomic mass is 35.5. The summed E-state index contributed by atoms with van der Waals surface area (Å²) in [5.41, 5.74) is 0. The van der Waals surface area contributed by atoms with E-state index in [0.29, 0.717) is 31.5 Å². The van der Waals surface area contributed by atoms with Gasteiger partial charge < -0.3 is 20.1 Å². The lowest BCUT2D eigenvalue weighted by molar-refractivity contribution is 0.122. The number of nitrogens with one attached hydrogen (secondary N) is 1. The number of morpholine rings is 1. The smallest absolute Gasteiger partial charge is 0.231 e. The van der Waals surface area contributed by atoms with Crippen LogP contribution in [0.1, 0.15) is 13.3 Å². The molecule has 1 aliphatic rings. The molecule has 2 heterocycles. The highest BCUT2D eigenvalue weighted by Gasteiger charge is 2.16. The van der Waals surface area contributed by atoms with Crippen LogP contribution in [-0.2, 0) is 4.74 Å². The summed E-state index contributed by atoms with van der Waals surface area (Å²) < 4.78 is 5.29. The minimum Gasteiger partial charge on any atom is -0.396 e. The van der Waals surface area contributed by atoms with Crippen molar-refractivity contribution in [2.24, 2.45) is 0 Å². The van der Waals surface area contributed by atoms with Crippen LogP contribution >= 0.6 is 11.6 Å². The van der Waals surface area contributed by atoms with E-state index in [2.05, 4.69) is 20.3 Å². The molecule has 1 aliphatic heterocycles. The van der Waals surface area contributed by atoms with Crippen molar-refractivity contribution in [2.45, 2.75) is 19.4 Å². The van der Waals surface area contributed by atoms with Crippen molar-refractivity contribution in [1.82, 2.24) is 15.0 Å². The van der Waals surface area contributed by atoms with Gasteiger partial charge in [-0.3, -0.25) is 0 Å². The van der Waals surface area contributed by atoms with E-state index in [1.807, 2.05) is 11.8 Å². The minimum absolute atomic E-state index is 0.0704. The molecule has 0 spiro atoms. The highest BCUT2D eigenvalue weighted by Crippen LogP contribution is 2.15. The van der Waals surface area contributed by atoms with E-state index in [1.54, 1.807) is 0 Å². The quantitative estimate of drug-likeness (QED) is 0.818. The molecule has 0 saturated carbocycles. The van der Waals surface area contributed by atoms with Gasteiger partial charge in [-0.1, -0.05) is 0 Å². The van der Waals surface area contributed by atoms with Crippen molar-refractivity contribution in [2.75, 3.05) is 43.1 Å². The van der Waals surface area contributed by atoms with Gasteiger partial charge in [0.15, 0.2) is 0 Å². The van der Waals surface area contributed by atoms with Gasteiger partial charge in [-0.05, 0) is 24.9 Å². The molecule has 1 unspecified atom stereocenters. The van der Waals surface area contributed by atoms with Gasteiger partial charge >= 0.3 is 0 Å². The molecule has 1 aromatic rings. The van der Waals surface area contributed by atoms with Crippen molar-refractivity contribution >= 4 is 23.5 Å². The molecule has 0 aromatic carbocycles. The van der Waals surface area contributed by atoms with Gasteiger partial charge in [0.1, 0.15) is 0 Å². The van der Waals surface area contributed by atoms with Crippen LogP contribution in [0.4, 0.5) is 11.9 Å². The number of aromatic nitrogens is 3. The third kappa shape index (κ3) is 4.15. The zero-order valence-corrected chi connectivity index (χ0v) is 11.6. The second-order valence-corrected chi connectivity index (χ2v) is 4.72. The summed E-state index contributed by atoms with van der Waals surface area (Å²) in [6.45, 7) is 4.86. The zero-order valence-electron chi connectivity index (χ0n) is 10.8. The molecule has 0 radical (unpaired) electrons. The Morgan fingerprint density at radius 2 is 2.11 bits per heavy atom. The zero-order chi connectivity index (χ0) is 13.7. The first-order valence-electron chi connectivity index (χ1n) is 6.30. The lowest BCUT2D eigenvalue weighted by atomic mass is 10.2. The molecular formula is C11H18ClN5O2. The van der Waals surface area contributed by atoms with Crippen LogP contribution in [0, 0.1) is 0 Å². The number of anilines is 2. The first kappa shape index (κ1) is 14.2. The molecular weight excluding hydrogens is 270 g/mol. The molecule has 0 amide bonds. The molecule has 19 heavy (non-hydrogen) atoms. The number of hydrogen-bond donors (Lipinski definition) is 2. The van der Waals surface area contributed by atoms with E-state index in [0.717, 1.165) is 13.1 Å². The van der Waals surface area contributed by atoms with Gasteiger partial charge in [-0.25, -0.2) is 0 Å². The van der Waals surface area contributed by atoms with Crippen LogP contribution < -0.4 is 10.2 Å². The second kappa shape index (κ2) is 6.83. The largest absolute Gasteiger partial charge is 0.396 e. The molecule has 106 valence electrons. The number of ether oxygens (including phenoxy) is 1. The average molecular weight is 288 g/mol. The monoisotopic (exact) mass is 287 g/mol. The van der Waals surface area contributed by atoms with Gasteiger partial charge in [0.2, 0.25) is 17.2 Å². The van der Waals surface area contributed by atoms with E-state index in [-0.39, 0.29) is 17.9 Å². The normalized spacial score (nSPS) is 17.3. The Labute approximate surface area is 117 Å². The number of rotatable bonds is 5. The maximum Gasteiger partial charge on any atom is 0.231 e. The number of aliphatic hydroxyl groups is 1. The van der Waals surface area contributed by atoms with Crippen molar-refractivity contribution in [3.8, 4) is 0 Å². The topological polar surface area (TPSA) is 83.4 Å². The third-order valence-corrected chi connectivity index (χ3v) is 3.00. The summed E-state index contributed by atoms with van der Waals surface area (Å²) >= 11 is 5.92. The summed E-state index contributed by atoms with van der Waals surface area (Å²) in [6.07, 6.45) is 0.621. The molecule has 1 fully saturated rings. The Balaban J connectivity index is 2.09. The van der Waals surface area contributed by atoms with Gasteiger partial charge in [0.25, 0.3) is 0 Å². The lowest BCUT2D eigenvalue weighted by Crippen LogP contribution is -2.37. The minimum atomic E-state index is 0.0704. The van der Waals surface area contributed by atoms with Gasteiger partial charge in [0.05, 0.1) is 13.2 Å². The van der Waals surface area contributed by atoms with E-state index in [4.69, 9.17) is 21.4 Å². The maximum atomic E-state index is 8.89. The molecule has 2 rings (SSSR count). The van der Waals surface area contributed by atoms with Gasteiger partial charge in [-0.2, -0.15) is 15.0 Å². The predicted molar refractivity (Wildman–Crippen MR) is 72.7 cm³/mol. The Morgan fingerprint density at radius 3 is 2.79 bits per heavy atom. The van der Waals surface area contributed by atoms with Crippen molar-refractivity contribution in [3.63, 3.8) is 0 Å². The number of halogens is 1. The van der Waals surface area contributed by atoms with Crippen LogP contribution in [0.25, 0.3) is 0 Å². The van der Waals surface area contributed by atoms with E-state index in [1.165, 1.54) is 0 Å². The Morgan fingerprint density at radius 1 is 1.37 bits per heavy atom. The lowest BCUT2D eigenvalue weighted by Gasteiger charge is -2.27. The summed E-state index contributed by atoms with van der Waals surface area (Å²) in [5.74, 6) is 0.990. The van der Waals surface area contributed by atoms with E-state index in [9.17, 15) is 0 Å². The molecule has 0 aliphatic carbocycles. The van der Waals surface area contributed by atoms with Crippen LogP contribution in [0.15, 0.2) is 0 Å². The third-order valence-electron chi connectivity index (χ3n) is 2.83. The molecule has 7 nitrogen and oxygen atoms in total. The number of hydrogen-bond acceptors (Lipinski definition) is 7. The van der Waals surface area contributed by atoms with Crippen molar-refractivity contribution in [1.29, 1.82) is 0 Å². The molecule has 1 aromatic heterocycles. The fourth-order valence-corrected chi connectivity index (χ4v) is 1.95. The summed E-state index contributed by atoms with van der Waals surface area (Å²) in [5, 5.41) is 12.1. The first-order valence-corrected chi connectivity index (χ1v) is 6.68. The standard InChI is InChI=1S/C11H18ClN5O2/c1-8(2-5-18)13-10-14-9(12)15-11(16-10)17-3-6-19-7-4-17/h8,18H,2-7H2,1H3,(H,13,14,15,16). The van der Waals surface area contributed by atoms with E-state index >= 15 is 0 Å². The molecule has 2 N–H and O–H groups in total. The molecule has 1 atom stereocenters. The first-order chi connectivity index (χ1) is 9.19. The second-order valence-electron chi connectivity index (χ2n) is 4.39.